The first-order valence-electron chi connectivity index (χ1n) is 4.53. The van der Waals surface area contributed by atoms with Gasteiger partial charge in [0.25, 0.3) is 0 Å². The third-order valence-corrected chi connectivity index (χ3v) is 2.46. The fraction of sp³-hybridized carbons (Fsp3) is 0.273. The van der Waals surface area contributed by atoms with Crippen molar-refractivity contribution in [2.24, 2.45) is 0 Å². The lowest BCUT2D eigenvalue weighted by atomic mass is 10.2. The molecule has 0 amide bonds. The number of halogens is 3. The van der Waals surface area contributed by atoms with Gasteiger partial charge in [0.1, 0.15) is 5.82 Å². The van der Waals surface area contributed by atoms with E-state index in [0.717, 1.165) is 12.0 Å². The average Bonchev–Trinajstić information content (AvgIpc) is 2.08. The van der Waals surface area contributed by atoms with Crippen LogP contribution in [0.4, 0.5) is 10.1 Å². The highest BCUT2D eigenvalue weighted by Crippen LogP contribution is 2.31. The van der Waals surface area contributed by atoms with Crippen LogP contribution < -0.4 is 5.32 Å². The Morgan fingerprint density at radius 2 is 1.93 bits per heavy atom. The van der Waals surface area contributed by atoms with E-state index >= 15 is 0 Å². The number of hydrogen-bond donors (Lipinski definition) is 1. The van der Waals surface area contributed by atoms with Gasteiger partial charge in [-0.3, -0.25) is 0 Å². The molecule has 0 radical (unpaired) electrons. The van der Waals surface area contributed by atoms with Crippen molar-refractivity contribution < 1.29 is 4.39 Å². The summed E-state index contributed by atoms with van der Waals surface area (Å²) in [6.45, 7) is 6.40. The number of benzene rings is 1. The van der Waals surface area contributed by atoms with Gasteiger partial charge in [0.2, 0.25) is 0 Å². The van der Waals surface area contributed by atoms with E-state index in [2.05, 4.69) is 11.9 Å². The van der Waals surface area contributed by atoms with E-state index in [0.29, 0.717) is 22.3 Å². The molecule has 0 aliphatic carbocycles. The molecular formula is C11H12Cl2FN. The molecule has 0 aliphatic rings. The highest BCUT2D eigenvalue weighted by atomic mass is 35.5. The van der Waals surface area contributed by atoms with Gasteiger partial charge in [-0.25, -0.2) is 4.39 Å². The van der Waals surface area contributed by atoms with Crippen LogP contribution in [0, 0.1) is 5.82 Å². The summed E-state index contributed by atoms with van der Waals surface area (Å²) in [5.41, 5.74) is 1.64. The van der Waals surface area contributed by atoms with Crippen molar-refractivity contribution in [1.82, 2.24) is 0 Å². The van der Waals surface area contributed by atoms with E-state index < -0.39 is 5.82 Å². The molecule has 0 aromatic heterocycles. The molecule has 1 N–H and O–H groups in total. The molecule has 4 heteroatoms. The van der Waals surface area contributed by atoms with Crippen molar-refractivity contribution in [2.75, 3.05) is 11.9 Å². The number of anilines is 1. The zero-order chi connectivity index (χ0) is 11.4. The van der Waals surface area contributed by atoms with E-state index in [-0.39, 0.29) is 0 Å². The zero-order valence-electron chi connectivity index (χ0n) is 8.41. The lowest BCUT2D eigenvalue weighted by Gasteiger charge is -2.10. The molecule has 1 rings (SSSR count). The van der Waals surface area contributed by atoms with Gasteiger partial charge < -0.3 is 5.32 Å². The van der Waals surface area contributed by atoms with Crippen LogP contribution in [0.5, 0.6) is 0 Å². The van der Waals surface area contributed by atoms with Crippen LogP contribution >= 0.6 is 23.2 Å². The minimum atomic E-state index is -0.435. The molecule has 15 heavy (non-hydrogen) atoms. The molecule has 82 valence electrons. The normalized spacial score (nSPS) is 10.1. The van der Waals surface area contributed by atoms with Crippen LogP contribution in [0.3, 0.4) is 0 Å². The Morgan fingerprint density at radius 1 is 1.40 bits per heavy atom. The summed E-state index contributed by atoms with van der Waals surface area (Å²) in [4.78, 5) is 0. The van der Waals surface area contributed by atoms with Gasteiger partial charge in [-0.2, -0.15) is 0 Å². The molecule has 0 bridgehead atoms. The first kappa shape index (κ1) is 12.3. The molecule has 0 aliphatic heterocycles. The second-order valence-corrected chi connectivity index (χ2v) is 4.19. The predicted molar refractivity (Wildman–Crippen MR) is 64.3 cm³/mol. The first-order valence-corrected chi connectivity index (χ1v) is 5.29. The smallest absolute Gasteiger partial charge is 0.126 e. The van der Waals surface area contributed by atoms with Crippen molar-refractivity contribution in [3.63, 3.8) is 0 Å². The summed E-state index contributed by atoms with van der Waals surface area (Å²) >= 11 is 11.7. The van der Waals surface area contributed by atoms with Gasteiger partial charge in [0, 0.05) is 6.54 Å². The minimum absolute atomic E-state index is 0.293. The lowest BCUT2D eigenvalue weighted by molar-refractivity contribution is 0.628. The fourth-order valence-corrected chi connectivity index (χ4v) is 1.71. The molecule has 0 saturated heterocycles. The first-order chi connectivity index (χ1) is 7.00. The van der Waals surface area contributed by atoms with Crippen molar-refractivity contribution >= 4 is 28.9 Å². The van der Waals surface area contributed by atoms with Gasteiger partial charge in [-0.05, 0) is 25.5 Å². The predicted octanol–water partition coefficient (Wildman–Crippen LogP) is 4.51. The maximum atomic E-state index is 12.8. The monoisotopic (exact) mass is 247 g/mol. The van der Waals surface area contributed by atoms with Gasteiger partial charge in [-0.15, -0.1) is 6.58 Å². The van der Waals surface area contributed by atoms with E-state index in [1.807, 2.05) is 6.92 Å². The quantitative estimate of drug-likeness (QED) is 0.773. The molecule has 0 unspecified atom stereocenters. The fourth-order valence-electron chi connectivity index (χ4n) is 1.11. The largest absolute Gasteiger partial charge is 0.382 e. The van der Waals surface area contributed by atoms with Crippen LogP contribution in [0.15, 0.2) is 24.3 Å². The van der Waals surface area contributed by atoms with Crippen LogP contribution in [-0.2, 0) is 0 Å². The average molecular weight is 248 g/mol. The van der Waals surface area contributed by atoms with E-state index in [1.54, 1.807) is 0 Å². The topological polar surface area (TPSA) is 12.0 Å². The SMILES string of the molecule is C=C(C)CCNc1c(Cl)cc(F)cc1Cl. The van der Waals surface area contributed by atoms with Gasteiger partial charge in [0.05, 0.1) is 15.7 Å². The summed E-state index contributed by atoms with van der Waals surface area (Å²) in [6.07, 6.45) is 0.823. The van der Waals surface area contributed by atoms with Crippen molar-refractivity contribution in [1.29, 1.82) is 0 Å². The Hall–Kier alpha value is -0.730. The molecule has 1 aromatic carbocycles. The van der Waals surface area contributed by atoms with E-state index in [1.165, 1.54) is 12.1 Å². The molecular weight excluding hydrogens is 236 g/mol. The third kappa shape index (κ3) is 3.73. The van der Waals surface area contributed by atoms with Crippen LogP contribution in [0.2, 0.25) is 10.0 Å². The van der Waals surface area contributed by atoms with Crippen molar-refractivity contribution in [3.05, 3.63) is 40.1 Å². The number of nitrogens with one attached hydrogen (secondary N) is 1. The zero-order valence-corrected chi connectivity index (χ0v) is 9.92. The summed E-state index contributed by atoms with van der Waals surface area (Å²) in [7, 11) is 0. The third-order valence-electron chi connectivity index (χ3n) is 1.86. The highest BCUT2D eigenvalue weighted by Gasteiger charge is 2.07. The van der Waals surface area contributed by atoms with Gasteiger partial charge in [0.15, 0.2) is 0 Å². The maximum absolute atomic E-state index is 12.8. The Kier molecular flexibility index (Phi) is 4.43. The second kappa shape index (κ2) is 5.38. The van der Waals surface area contributed by atoms with Gasteiger partial charge in [-0.1, -0.05) is 28.8 Å². The summed E-state index contributed by atoms with van der Waals surface area (Å²) in [5.74, 6) is -0.435. The Labute approximate surface area is 98.9 Å². The number of rotatable bonds is 4. The molecule has 1 aromatic rings. The van der Waals surface area contributed by atoms with Crippen LogP contribution in [0.1, 0.15) is 13.3 Å². The Bertz CT molecular complexity index is 354. The van der Waals surface area contributed by atoms with Crippen molar-refractivity contribution in [2.45, 2.75) is 13.3 Å². The molecule has 0 saturated carbocycles. The van der Waals surface area contributed by atoms with E-state index in [9.17, 15) is 4.39 Å². The minimum Gasteiger partial charge on any atom is -0.382 e. The Balaban J connectivity index is 2.72. The molecule has 1 nitrogen and oxygen atoms in total. The Morgan fingerprint density at radius 3 is 2.40 bits per heavy atom. The maximum Gasteiger partial charge on any atom is 0.126 e. The number of hydrogen-bond acceptors (Lipinski definition) is 1. The van der Waals surface area contributed by atoms with E-state index in [4.69, 9.17) is 23.2 Å². The summed E-state index contributed by atoms with van der Waals surface area (Å²) < 4.78 is 12.8. The van der Waals surface area contributed by atoms with Gasteiger partial charge >= 0.3 is 0 Å². The highest BCUT2D eigenvalue weighted by molar-refractivity contribution is 6.39. The molecule has 0 fully saturated rings. The summed E-state index contributed by atoms with van der Waals surface area (Å²) in [6, 6.07) is 2.47. The van der Waals surface area contributed by atoms with Crippen LogP contribution in [0.25, 0.3) is 0 Å². The standard InChI is InChI=1S/C11H12Cl2FN/c1-7(2)3-4-15-11-9(12)5-8(14)6-10(11)13/h5-6,15H,1,3-4H2,2H3. The summed E-state index contributed by atoms with van der Waals surface area (Å²) in [5, 5.41) is 3.63. The molecule has 0 atom stereocenters. The molecule has 0 heterocycles. The lowest BCUT2D eigenvalue weighted by Crippen LogP contribution is -2.03. The molecule has 0 spiro atoms. The van der Waals surface area contributed by atoms with Crippen LogP contribution in [-0.4, -0.2) is 6.54 Å². The second-order valence-electron chi connectivity index (χ2n) is 3.38. The van der Waals surface area contributed by atoms with Crippen molar-refractivity contribution in [3.8, 4) is 0 Å².